The van der Waals surface area contributed by atoms with Gasteiger partial charge in [0.1, 0.15) is 6.04 Å². The molecule has 1 aromatic rings. The number of amides is 2. The van der Waals surface area contributed by atoms with E-state index >= 15 is 0 Å². The molecule has 1 saturated heterocycles. The average molecular weight is 325 g/mol. The molecule has 2 amide bonds. The summed E-state index contributed by atoms with van der Waals surface area (Å²) in [5.74, 6) is -0.214. The van der Waals surface area contributed by atoms with Crippen LogP contribution in [-0.2, 0) is 9.59 Å². The molecule has 0 spiro atoms. The molecule has 1 aliphatic heterocycles. The standard InChI is InChI=1S/C14H17BrN2O2/c1-3-7-17-12(18)8-11(14(17)19)16-10-6-4-5-9(2)13(10)15/h4-6,11,16H,3,7-8H2,1-2H3. The van der Waals surface area contributed by atoms with Gasteiger partial charge in [-0.3, -0.25) is 14.5 Å². The fourth-order valence-electron chi connectivity index (χ4n) is 2.20. The number of hydrogen-bond acceptors (Lipinski definition) is 3. The maximum atomic E-state index is 12.1. The zero-order chi connectivity index (χ0) is 14.0. The number of carbonyl (C=O) groups is 2. The summed E-state index contributed by atoms with van der Waals surface area (Å²) in [5, 5.41) is 3.16. The van der Waals surface area contributed by atoms with E-state index in [1.54, 1.807) is 0 Å². The van der Waals surface area contributed by atoms with Gasteiger partial charge >= 0.3 is 0 Å². The molecule has 1 N–H and O–H groups in total. The molecular weight excluding hydrogens is 308 g/mol. The second kappa shape index (κ2) is 5.74. The van der Waals surface area contributed by atoms with E-state index in [0.29, 0.717) is 6.54 Å². The van der Waals surface area contributed by atoms with Crippen LogP contribution in [0.2, 0.25) is 0 Å². The molecular formula is C14H17BrN2O2. The summed E-state index contributed by atoms with van der Waals surface area (Å²) >= 11 is 3.50. The summed E-state index contributed by atoms with van der Waals surface area (Å²) in [6.45, 7) is 4.45. The van der Waals surface area contributed by atoms with Crippen LogP contribution in [0.3, 0.4) is 0 Å². The molecule has 19 heavy (non-hydrogen) atoms. The Labute approximate surface area is 121 Å². The summed E-state index contributed by atoms with van der Waals surface area (Å²) < 4.78 is 0.934. The molecule has 1 heterocycles. The van der Waals surface area contributed by atoms with E-state index in [0.717, 1.165) is 22.1 Å². The lowest BCUT2D eigenvalue weighted by Gasteiger charge is -2.16. The van der Waals surface area contributed by atoms with E-state index < -0.39 is 6.04 Å². The first-order chi connectivity index (χ1) is 9.04. The third kappa shape index (κ3) is 2.81. The van der Waals surface area contributed by atoms with Crippen LogP contribution in [0.4, 0.5) is 5.69 Å². The SMILES string of the molecule is CCCN1C(=O)CC(Nc2cccc(C)c2Br)C1=O. The van der Waals surface area contributed by atoms with Crippen molar-refractivity contribution in [1.82, 2.24) is 4.90 Å². The van der Waals surface area contributed by atoms with Gasteiger partial charge in [-0.15, -0.1) is 0 Å². The molecule has 0 aromatic heterocycles. The fourth-order valence-corrected chi connectivity index (χ4v) is 2.58. The number of halogens is 1. The summed E-state index contributed by atoms with van der Waals surface area (Å²) in [4.78, 5) is 25.3. The highest BCUT2D eigenvalue weighted by atomic mass is 79.9. The van der Waals surface area contributed by atoms with Crippen molar-refractivity contribution in [2.24, 2.45) is 0 Å². The number of hydrogen-bond donors (Lipinski definition) is 1. The number of anilines is 1. The second-order valence-electron chi connectivity index (χ2n) is 4.72. The summed E-state index contributed by atoms with van der Waals surface area (Å²) in [6, 6.07) is 5.36. The molecule has 1 fully saturated rings. The number of carbonyl (C=O) groups excluding carboxylic acids is 2. The molecule has 1 unspecified atom stereocenters. The molecule has 1 aliphatic rings. The average Bonchev–Trinajstić information content (AvgIpc) is 2.63. The Hall–Kier alpha value is -1.36. The molecule has 2 rings (SSSR count). The van der Waals surface area contributed by atoms with Gasteiger partial charge in [-0.1, -0.05) is 19.1 Å². The van der Waals surface area contributed by atoms with Crippen molar-refractivity contribution in [3.63, 3.8) is 0 Å². The van der Waals surface area contributed by atoms with Crippen LogP contribution in [0, 0.1) is 6.92 Å². The lowest BCUT2D eigenvalue weighted by molar-refractivity contribution is -0.138. The lowest BCUT2D eigenvalue weighted by Crippen LogP contribution is -2.35. The minimum atomic E-state index is -0.447. The Balaban J connectivity index is 2.14. The van der Waals surface area contributed by atoms with Crippen LogP contribution < -0.4 is 5.32 Å². The normalized spacial score (nSPS) is 19.1. The first-order valence-electron chi connectivity index (χ1n) is 6.40. The first kappa shape index (κ1) is 14.1. The van der Waals surface area contributed by atoms with Crippen molar-refractivity contribution in [3.8, 4) is 0 Å². The van der Waals surface area contributed by atoms with E-state index in [1.165, 1.54) is 4.90 Å². The van der Waals surface area contributed by atoms with Crippen molar-refractivity contribution < 1.29 is 9.59 Å². The van der Waals surface area contributed by atoms with Crippen molar-refractivity contribution in [1.29, 1.82) is 0 Å². The van der Waals surface area contributed by atoms with Crippen LogP contribution in [0.5, 0.6) is 0 Å². The van der Waals surface area contributed by atoms with Gasteiger partial charge < -0.3 is 5.32 Å². The number of aryl methyl sites for hydroxylation is 1. The number of likely N-dealkylation sites (tertiary alicyclic amines) is 1. The lowest BCUT2D eigenvalue weighted by atomic mass is 10.2. The summed E-state index contributed by atoms with van der Waals surface area (Å²) in [5.41, 5.74) is 1.94. The van der Waals surface area contributed by atoms with Crippen molar-refractivity contribution >= 4 is 33.4 Å². The second-order valence-corrected chi connectivity index (χ2v) is 5.51. The van der Waals surface area contributed by atoms with Crippen molar-refractivity contribution in [2.75, 3.05) is 11.9 Å². The van der Waals surface area contributed by atoms with Crippen LogP contribution in [0.15, 0.2) is 22.7 Å². The third-order valence-electron chi connectivity index (χ3n) is 3.21. The van der Waals surface area contributed by atoms with Crippen molar-refractivity contribution in [2.45, 2.75) is 32.7 Å². The van der Waals surface area contributed by atoms with E-state index in [9.17, 15) is 9.59 Å². The number of benzene rings is 1. The largest absolute Gasteiger partial charge is 0.372 e. The third-order valence-corrected chi connectivity index (χ3v) is 4.27. The minimum absolute atomic E-state index is 0.0897. The number of nitrogens with one attached hydrogen (secondary N) is 1. The first-order valence-corrected chi connectivity index (χ1v) is 7.19. The molecule has 0 bridgehead atoms. The van der Waals surface area contributed by atoms with Gasteiger partial charge in [0.2, 0.25) is 5.91 Å². The highest BCUT2D eigenvalue weighted by Gasteiger charge is 2.38. The molecule has 0 radical (unpaired) electrons. The summed E-state index contributed by atoms with van der Waals surface area (Å²) in [7, 11) is 0. The van der Waals surface area contributed by atoms with Crippen LogP contribution in [0.1, 0.15) is 25.3 Å². The van der Waals surface area contributed by atoms with Gasteiger partial charge in [0.15, 0.2) is 0 Å². The molecule has 1 atom stereocenters. The zero-order valence-corrected chi connectivity index (χ0v) is 12.7. The molecule has 5 heteroatoms. The Bertz CT molecular complexity index is 516. The van der Waals surface area contributed by atoms with E-state index in [-0.39, 0.29) is 18.2 Å². The highest BCUT2D eigenvalue weighted by molar-refractivity contribution is 9.10. The van der Waals surface area contributed by atoms with Gasteiger partial charge in [-0.2, -0.15) is 0 Å². The molecule has 1 aromatic carbocycles. The number of rotatable bonds is 4. The Morgan fingerprint density at radius 2 is 2.16 bits per heavy atom. The van der Waals surface area contributed by atoms with Gasteiger partial charge in [-0.25, -0.2) is 0 Å². The van der Waals surface area contributed by atoms with Crippen LogP contribution >= 0.6 is 15.9 Å². The molecule has 0 saturated carbocycles. The topological polar surface area (TPSA) is 49.4 Å². The maximum absolute atomic E-state index is 12.1. The molecule has 0 aliphatic carbocycles. The Kier molecular flexibility index (Phi) is 4.24. The fraction of sp³-hybridized carbons (Fsp3) is 0.429. The van der Waals surface area contributed by atoms with E-state index in [4.69, 9.17) is 0 Å². The molecule has 102 valence electrons. The minimum Gasteiger partial charge on any atom is -0.372 e. The summed E-state index contributed by atoms with van der Waals surface area (Å²) in [6.07, 6.45) is 1.03. The van der Waals surface area contributed by atoms with Crippen LogP contribution in [-0.4, -0.2) is 29.3 Å². The van der Waals surface area contributed by atoms with E-state index in [1.807, 2.05) is 32.0 Å². The van der Waals surface area contributed by atoms with Crippen molar-refractivity contribution in [3.05, 3.63) is 28.2 Å². The quantitative estimate of drug-likeness (QED) is 0.866. The highest BCUT2D eigenvalue weighted by Crippen LogP contribution is 2.28. The van der Waals surface area contributed by atoms with Crippen LogP contribution in [0.25, 0.3) is 0 Å². The predicted octanol–water partition coefficient (Wildman–Crippen LogP) is 2.71. The Morgan fingerprint density at radius 1 is 1.42 bits per heavy atom. The number of nitrogens with zero attached hydrogens (tertiary/aromatic N) is 1. The van der Waals surface area contributed by atoms with Gasteiger partial charge in [-0.05, 0) is 40.9 Å². The molecule has 4 nitrogen and oxygen atoms in total. The monoisotopic (exact) mass is 324 g/mol. The predicted molar refractivity (Wildman–Crippen MR) is 77.9 cm³/mol. The number of imide groups is 1. The smallest absolute Gasteiger partial charge is 0.252 e. The Morgan fingerprint density at radius 3 is 2.84 bits per heavy atom. The van der Waals surface area contributed by atoms with Gasteiger partial charge in [0, 0.05) is 16.7 Å². The zero-order valence-electron chi connectivity index (χ0n) is 11.1. The van der Waals surface area contributed by atoms with E-state index in [2.05, 4.69) is 21.2 Å². The maximum Gasteiger partial charge on any atom is 0.252 e. The van der Waals surface area contributed by atoms with Gasteiger partial charge in [0.25, 0.3) is 5.91 Å². The van der Waals surface area contributed by atoms with Gasteiger partial charge in [0.05, 0.1) is 6.42 Å².